The SMILES string of the molecule is NC(=O)[C@H]1COCCN1CC1CCCCCC1. The summed E-state index contributed by atoms with van der Waals surface area (Å²) < 4.78 is 5.34. The summed E-state index contributed by atoms with van der Waals surface area (Å²) in [5.74, 6) is 0.510. The second kappa shape index (κ2) is 6.36. The van der Waals surface area contributed by atoms with Gasteiger partial charge < -0.3 is 10.5 Å². The normalized spacial score (nSPS) is 28.8. The number of carbonyl (C=O) groups excluding carboxylic acids is 1. The van der Waals surface area contributed by atoms with Crippen molar-refractivity contribution in [2.24, 2.45) is 11.7 Å². The fourth-order valence-electron chi connectivity index (χ4n) is 3.00. The summed E-state index contributed by atoms with van der Waals surface area (Å²) in [6.45, 7) is 3.08. The number of primary amides is 1. The first-order chi connectivity index (χ1) is 8.27. The van der Waals surface area contributed by atoms with E-state index in [4.69, 9.17) is 10.5 Å². The van der Waals surface area contributed by atoms with Crippen molar-refractivity contribution < 1.29 is 9.53 Å². The monoisotopic (exact) mass is 240 g/mol. The first kappa shape index (κ1) is 12.8. The molecule has 2 N–H and O–H groups in total. The molecule has 0 aromatic heterocycles. The molecule has 1 amide bonds. The molecule has 0 spiro atoms. The molecule has 0 radical (unpaired) electrons. The number of ether oxygens (including phenoxy) is 1. The van der Waals surface area contributed by atoms with E-state index in [1.165, 1.54) is 38.5 Å². The molecule has 2 fully saturated rings. The summed E-state index contributed by atoms with van der Waals surface area (Å²) in [5.41, 5.74) is 5.43. The van der Waals surface area contributed by atoms with Crippen LogP contribution in [0.15, 0.2) is 0 Å². The Kier molecular flexibility index (Phi) is 4.80. The van der Waals surface area contributed by atoms with E-state index in [0.717, 1.165) is 25.6 Å². The largest absolute Gasteiger partial charge is 0.378 e. The molecule has 0 aromatic carbocycles. The van der Waals surface area contributed by atoms with Crippen LogP contribution in [-0.2, 0) is 9.53 Å². The summed E-state index contributed by atoms with van der Waals surface area (Å²) in [7, 11) is 0. The number of amides is 1. The van der Waals surface area contributed by atoms with Gasteiger partial charge in [-0.3, -0.25) is 9.69 Å². The summed E-state index contributed by atoms with van der Waals surface area (Å²) in [6, 6.07) is -0.202. The van der Waals surface area contributed by atoms with Gasteiger partial charge in [-0.15, -0.1) is 0 Å². The van der Waals surface area contributed by atoms with Crippen molar-refractivity contribution >= 4 is 5.91 Å². The van der Waals surface area contributed by atoms with E-state index in [1.54, 1.807) is 0 Å². The molecule has 4 heteroatoms. The van der Waals surface area contributed by atoms with Gasteiger partial charge in [0.2, 0.25) is 5.91 Å². The van der Waals surface area contributed by atoms with E-state index >= 15 is 0 Å². The number of hydrogen-bond acceptors (Lipinski definition) is 3. The molecular formula is C13H24N2O2. The van der Waals surface area contributed by atoms with Gasteiger partial charge >= 0.3 is 0 Å². The number of rotatable bonds is 3. The molecule has 1 saturated heterocycles. The molecule has 1 aliphatic heterocycles. The quantitative estimate of drug-likeness (QED) is 0.753. The third-order valence-electron chi connectivity index (χ3n) is 4.04. The first-order valence-corrected chi connectivity index (χ1v) is 6.88. The summed E-state index contributed by atoms with van der Waals surface area (Å²) in [5, 5.41) is 0. The Balaban J connectivity index is 1.88. The molecule has 1 atom stereocenters. The molecule has 98 valence electrons. The highest BCUT2D eigenvalue weighted by Crippen LogP contribution is 2.24. The lowest BCUT2D eigenvalue weighted by Gasteiger charge is -2.35. The molecule has 1 saturated carbocycles. The number of carbonyl (C=O) groups is 1. The number of morpholine rings is 1. The van der Waals surface area contributed by atoms with Crippen molar-refractivity contribution in [2.75, 3.05) is 26.3 Å². The van der Waals surface area contributed by atoms with Crippen molar-refractivity contribution in [3.63, 3.8) is 0 Å². The third kappa shape index (κ3) is 3.68. The maximum Gasteiger partial charge on any atom is 0.237 e. The van der Waals surface area contributed by atoms with Crippen molar-refractivity contribution in [3.05, 3.63) is 0 Å². The number of nitrogens with two attached hydrogens (primary N) is 1. The van der Waals surface area contributed by atoms with Crippen LogP contribution in [0.2, 0.25) is 0 Å². The predicted octanol–water partition coefficient (Wildman–Crippen LogP) is 1.14. The highest BCUT2D eigenvalue weighted by molar-refractivity contribution is 5.80. The highest BCUT2D eigenvalue weighted by Gasteiger charge is 2.29. The van der Waals surface area contributed by atoms with E-state index in [-0.39, 0.29) is 11.9 Å². The second-order valence-electron chi connectivity index (χ2n) is 5.35. The van der Waals surface area contributed by atoms with Gasteiger partial charge in [0, 0.05) is 13.1 Å². The van der Waals surface area contributed by atoms with E-state index in [9.17, 15) is 4.79 Å². The lowest BCUT2D eigenvalue weighted by atomic mass is 9.98. The second-order valence-corrected chi connectivity index (χ2v) is 5.35. The van der Waals surface area contributed by atoms with Gasteiger partial charge in [-0.1, -0.05) is 25.7 Å². The van der Waals surface area contributed by atoms with Gasteiger partial charge in [0.15, 0.2) is 0 Å². The number of nitrogens with zero attached hydrogens (tertiary/aromatic N) is 1. The van der Waals surface area contributed by atoms with Crippen LogP contribution in [0.1, 0.15) is 38.5 Å². The minimum Gasteiger partial charge on any atom is -0.378 e. The Morgan fingerprint density at radius 2 is 1.94 bits per heavy atom. The van der Waals surface area contributed by atoms with Gasteiger partial charge in [0.1, 0.15) is 6.04 Å². The highest BCUT2D eigenvalue weighted by atomic mass is 16.5. The van der Waals surface area contributed by atoms with Crippen LogP contribution in [0.5, 0.6) is 0 Å². The molecule has 1 aliphatic carbocycles. The fraction of sp³-hybridized carbons (Fsp3) is 0.923. The lowest BCUT2D eigenvalue weighted by Crippen LogP contribution is -2.53. The average Bonchev–Trinajstić information content (AvgIpc) is 2.58. The smallest absolute Gasteiger partial charge is 0.237 e. The van der Waals surface area contributed by atoms with Gasteiger partial charge in [0.25, 0.3) is 0 Å². The Hall–Kier alpha value is -0.610. The van der Waals surface area contributed by atoms with Crippen molar-refractivity contribution in [1.29, 1.82) is 0 Å². The molecule has 0 unspecified atom stereocenters. The van der Waals surface area contributed by atoms with E-state index in [0.29, 0.717) is 6.61 Å². The molecule has 1 heterocycles. The minimum atomic E-state index is -0.238. The van der Waals surface area contributed by atoms with Gasteiger partial charge in [-0.05, 0) is 18.8 Å². The maximum absolute atomic E-state index is 11.4. The molecule has 0 aromatic rings. The Morgan fingerprint density at radius 3 is 2.59 bits per heavy atom. The zero-order chi connectivity index (χ0) is 12.1. The third-order valence-corrected chi connectivity index (χ3v) is 4.04. The fourth-order valence-corrected chi connectivity index (χ4v) is 3.00. The van der Waals surface area contributed by atoms with Crippen LogP contribution in [0.4, 0.5) is 0 Å². The summed E-state index contributed by atoms with van der Waals surface area (Å²) >= 11 is 0. The predicted molar refractivity (Wildman–Crippen MR) is 66.6 cm³/mol. The van der Waals surface area contributed by atoms with Crippen LogP contribution in [0, 0.1) is 5.92 Å². The summed E-state index contributed by atoms with van der Waals surface area (Å²) in [4.78, 5) is 13.6. The molecule has 17 heavy (non-hydrogen) atoms. The standard InChI is InChI=1S/C13H24N2O2/c14-13(16)12-10-17-8-7-15(12)9-11-5-3-1-2-4-6-11/h11-12H,1-10H2,(H2,14,16)/t12-/m1/s1. The topological polar surface area (TPSA) is 55.6 Å². The van der Waals surface area contributed by atoms with Gasteiger partial charge in [-0.2, -0.15) is 0 Å². The average molecular weight is 240 g/mol. The molecule has 4 nitrogen and oxygen atoms in total. The zero-order valence-electron chi connectivity index (χ0n) is 10.6. The zero-order valence-corrected chi connectivity index (χ0v) is 10.6. The Bertz CT molecular complexity index is 250. The van der Waals surface area contributed by atoms with Crippen molar-refractivity contribution in [2.45, 2.75) is 44.6 Å². The van der Waals surface area contributed by atoms with Crippen LogP contribution in [0.3, 0.4) is 0 Å². The van der Waals surface area contributed by atoms with Crippen molar-refractivity contribution in [1.82, 2.24) is 4.90 Å². The summed E-state index contributed by atoms with van der Waals surface area (Å²) in [6.07, 6.45) is 8.05. The molecule has 2 rings (SSSR count). The van der Waals surface area contributed by atoms with Gasteiger partial charge in [0.05, 0.1) is 13.2 Å². The van der Waals surface area contributed by atoms with Crippen LogP contribution in [0.25, 0.3) is 0 Å². The molecular weight excluding hydrogens is 216 g/mol. The van der Waals surface area contributed by atoms with E-state index in [1.807, 2.05) is 0 Å². The maximum atomic E-state index is 11.4. The van der Waals surface area contributed by atoms with Crippen LogP contribution >= 0.6 is 0 Å². The van der Waals surface area contributed by atoms with Gasteiger partial charge in [-0.25, -0.2) is 0 Å². The first-order valence-electron chi connectivity index (χ1n) is 6.88. The minimum absolute atomic E-state index is 0.202. The van der Waals surface area contributed by atoms with E-state index in [2.05, 4.69) is 4.90 Å². The van der Waals surface area contributed by atoms with Crippen molar-refractivity contribution in [3.8, 4) is 0 Å². The van der Waals surface area contributed by atoms with Crippen LogP contribution in [-0.4, -0.2) is 43.2 Å². The Labute approximate surface area is 103 Å². The molecule has 0 bridgehead atoms. The lowest BCUT2D eigenvalue weighted by molar-refractivity contribution is -0.129. The van der Waals surface area contributed by atoms with Crippen LogP contribution < -0.4 is 5.73 Å². The number of hydrogen-bond donors (Lipinski definition) is 1. The Morgan fingerprint density at radius 1 is 1.24 bits per heavy atom. The van der Waals surface area contributed by atoms with E-state index < -0.39 is 0 Å². The molecule has 2 aliphatic rings.